The predicted octanol–water partition coefficient (Wildman–Crippen LogP) is 2.95. The normalized spacial score (nSPS) is 17.0. The van der Waals surface area contributed by atoms with E-state index in [1.165, 1.54) is 16.5 Å². The summed E-state index contributed by atoms with van der Waals surface area (Å²) in [6.45, 7) is 7.14. The molecular formula is C19H27N3O. The lowest BCUT2D eigenvalue weighted by molar-refractivity contribution is -0.125. The number of carbonyl (C=O) groups is 1. The molecule has 1 aromatic heterocycles. The number of hydrogen-bond donors (Lipinski definition) is 2. The van der Waals surface area contributed by atoms with Crippen LogP contribution >= 0.6 is 0 Å². The summed E-state index contributed by atoms with van der Waals surface area (Å²) in [5.41, 5.74) is 2.62. The number of aromatic nitrogens is 1. The van der Waals surface area contributed by atoms with Gasteiger partial charge in [0.15, 0.2) is 0 Å². The van der Waals surface area contributed by atoms with E-state index in [9.17, 15) is 4.79 Å². The van der Waals surface area contributed by atoms with Crippen molar-refractivity contribution in [2.24, 2.45) is 5.92 Å². The van der Waals surface area contributed by atoms with E-state index in [1.54, 1.807) is 0 Å². The summed E-state index contributed by atoms with van der Waals surface area (Å²) in [6.07, 6.45) is 5.34. The third kappa shape index (κ3) is 3.94. The minimum absolute atomic E-state index is 0.0786. The SMILES string of the molecule is CC(C)C(=O)NC1CCN(CCc2c[nH]c3ccccc23)CC1. The zero-order valence-electron chi connectivity index (χ0n) is 14.1. The van der Waals surface area contributed by atoms with Crippen LogP contribution in [0.25, 0.3) is 10.9 Å². The third-order valence-corrected chi connectivity index (χ3v) is 4.83. The third-order valence-electron chi connectivity index (χ3n) is 4.83. The minimum atomic E-state index is 0.0786. The Kier molecular flexibility index (Phi) is 5.01. The highest BCUT2D eigenvalue weighted by molar-refractivity contribution is 5.83. The summed E-state index contributed by atoms with van der Waals surface area (Å²) in [4.78, 5) is 17.6. The van der Waals surface area contributed by atoms with Crippen molar-refractivity contribution in [1.82, 2.24) is 15.2 Å². The van der Waals surface area contributed by atoms with Gasteiger partial charge in [-0.25, -0.2) is 0 Å². The molecule has 1 aliphatic heterocycles. The topological polar surface area (TPSA) is 48.1 Å². The number of H-pyrrole nitrogens is 1. The van der Waals surface area contributed by atoms with E-state index >= 15 is 0 Å². The number of nitrogens with zero attached hydrogens (tertiary/aromatic N) is 1. The monoisotopic (exact) mass is 313 g/mol. The van der Waals surface area contributed by atoms with Crippen molar-refractivity contribution >= 4 is 16.8 Å². The average Bonchev–Trinajstić information content (AvgIpc) is 2.97. The molecule has 0 spiro atoms. The smallest absolute Gasteiger partial charge is 0.222 e. The van der Waals surface area contributed by atoms with Crippen molar-refractivity contribution in [3.63, 3.8) is 0 Å². The maximum Gasteiger partial charge on any atom is 0.222 e. The second kappa shape index (κ2) is 7.18. The molecule has 0 atom stereocenters. The molecule has 1 saturated heterocycles. The van der Waals surface area contributed by atoms with Gasteiger partial charge in [0.05, 0.1) is 0 Å². The number of carbonyl (C=O) groups excluding carboxylic acids is 1. The molecule has 0 unspecified atom stereocenters. The maximum atomic E-state index is 11.8. The van der Waals surface area contributed by atoms with Crippen LogP contribution < -0.4 is 5.32 Å². The number of amides is 1. The highest BCUT2D eigenvalue weighted by Crippen LogP contribution is 2.19. The summed E-state index contributed by atoms with van der Waals surface area (Å²) in [6, 6.07) is 8.84. The molecule has 2 N–H and O–H groups in total. The lowest BCUT2D eigenvalue weighted by Crippen LogP contribution is -2.46. The molecule has 124 valence electrons. The number of piperidine rings is 1. The van der Waals surface area contributed by atoms with Crippen LogP contribution in [-0.4, -0.2) is 41.5 Å². The van der Waals surface area contributed by atoms with Gasteiger partial charge in [0, 0.05) is 48.7 Å². The Hall–Kier alpha value is -1.81. The van der Waals surface area contributed by atoms with E-state index in [2.05, 4.69) is 45.7 Å². The van der Waals surface area contributed by atoms with E-state index in [4.69, 9.17) is 0 Å². The Morgan fingerprint density at radius 1 is 1.30 bits per heavy atom. The zero-order valence-corrected chi connectivity index (χ0v) is 14.1. The first-order valence-corrected chi connectivity index (χ1v) is 8.71. The second-order valence-electron chi connectivity index (χ2n) is 6.89. The zero-order chi connectivity index (χ0) is 16.2. The molecule has 2 heterocycles. The first-order valence-electron chi connectivity index (χ1n) is 8.71. The van der Waals surface area contributed by atoms with Gasteiger partial charge in [-0.15, -0.1) is 0 Å². The van der Waals surface area contributed by atoms with Crippen molar-refractivity contribution < 1.29 is 4.79 Å². The molecule has 1 aromatic carbocycles. The summed E-state index contributed by atoms with van der Waals surface area (Å²) in [7, 11) is 0. The van der Waals surface area contributed by atoms with Gasteiger partial charge in [-0.3, -0.25) is 4.79 Å². The van der Waals surface area contributed by atoms with Crippen LogP contribution in [0.2, 0.25) is 0 Å². The summed E-state index contributed by atoms with van der Waals surface area (Å²) in [5, 5.41) is 4.50. The van der Waals surface area contributed by atoms with Gasteiger partial charge in [0.25, 0.3) is 0 Å². The molecule has 2 aromatic rings. The van der Waals surface area contributed by atoms with Crippen molar-refractivity contribution in [2.45, 2.75) is 39.2 Å². The Labute approximate surface area is 138 Å². The number of likely N-dealkylation sites (tertiary alicyclic amines) is 1. The number of nitrogens with one attached hydrogen (secondary N) is 2. The summed E-state index contributed by atoms with van der Waals surface area (Å²) < 4.78 is 0. The minimum Gasteiger partial charge on any atom is -0.361 e. The van der Waals surface area contributed by atoms with E-state index in [-0.39, 0.29) is 11.8 Å². The number of fused-ring (bicyclic) bond motifs is 1. The number of benzene rings is 1. The molecular weight excluding hydrogens is 286 g/mol. The van der Waals surface area contributed by atoms with Gasteiger partial charge < -0.3 is 15.2 Å². The van der Waals surface area contributed by atoms with Gasteiger partial charge in [-0.05, 0) is 30.9 Å². The fourth-order valence-corrected chi connectivity index (χ4v) is 3.29. The molecule has 1 aliphatic rings. The summed E-state index contributed by atoms with van der Waals surface area (Å²) in [5.74, 6) is 0.261. The molecule has 0 bridgehead atoms. The quantitative estimate of drug-likeness (QED) is 0.891. The fourth-order valence-electron chi connectivity index (χ4n) is 3.29. The Bertz CT molecular complexity index is 653. The number of para-hydroxylation sites is 1. The predicted molar refractivity (Wildman–Crippen MR) is 94.4 cm³/mol. The summed E-state index contributed by atoms with van der Waals surface area (Å²) >= 11 is 0. The standard InChI is InChI=1S/C19H27N3O/c1-14(2)19(23)21-16-8-11-22(12-9-16)10-7-15-13-20-18-6-4-3-5-17(15)18/h3-6,13-14,16,20H,7-12H2,1-2H3,(H,21,23). The Balaban J connectivity index is 1.47. The maximum absolute atomic E-state index is 11.8. The number of rotatable bonds is 5. The number of hydrogen-bond acceptors (Lipinski definition) is 2. The number of aromatic amines is 1. The molecule has 0 aliphatic carbocycles. The molecule has 0 radical (unpaired) electrons. The van der Waals surface area contributed by atoms with Crippen molar-refractivity contribution in [3.05, 3.63) is 36.0 Å². The fraction of sp³-hybridized carbons (Fsp3) is 0.526. The van der Waals surface area contributed by atoms with Crippen LogP contribution in [0.1, 0.15) is 32.3 Å². The van der Waals surface area contributed by atoms with Gasteiger partial charge in [0.2, 0.25) is 5.91 Å². The van der Waals surface area contributed by atoms with Crippen LogP contribution in [0.5, 0.6) is 0 Å². The van der Waals surface area contributed by atoms with Crippen LogP contribution in [0.4, 0.5) is 0 Å². The first kappa shape index (κ1) is 16.1. The molecule has 1 amide bonds. The van der Waals surface area contributed by atoms with E-state index in [0.717, 1.165) is 38.9 Å². The van der Waals surface area contributed by atoms with E-state index < -0.39 is 0 Å². The Morgan fingerprint density at radius 3 is 2.78 bits per heavy atom. The highest BCUT2D eigenvalue weighted by Gasteiger charge is 2.21. The lowest BCUT2D eigenvalue weighted by atomic mass is 10.0. The average molecular weight is 313 g/mol. The first-order chi connectivity index (χ1) is 11.1. The molecule has 1 fully saturated rings. The van der Waals surface area contributed by atoms with Crippen LogP contribution in [0.3, 0.4) is 0 Å². The van der Waals surface area contributed by atoms with Crippen LogP contribution in [0.15, 0.2) is 30.5 Å². The lowest BCUT2D eigenvalue weighted by Gasteiger charge is -2.32. The molecule has 3 rings (SSSR count). The Morgan fingerprint density at radius 2 is 2.04 bits per heavy atom. The highest BCUT2D eigenvalue weighted by atomic mass is 16.1. The van der Waals surface area contributed by atoms with Gasteiger partial charge in [0.1, 0.15) is 0 Å². The second-order valence-corrected chi connectivity index (χ2v) is 6.89. The van der Waals surface area contributed by atoms with Crippen molar-refractivity contribution in [2.75, 3.05) is 19.6 Å². The van der Waals surface area contributed by atoms with Crippen molar-refractivity contribution in [3.8, 4) is 0 Å². The van der Waals surface area contributed by atoms with Gasteiger partial charge in [-0.2, -0.15) is 0 Å². The molecule has 4 nitrogen and oxygen atoms in total. The molecule has 0 saturated carbocycles. The van der Waals surface area contributed by atoms with E-state index in [1.807, 2.05) is 13.8 Å². The van der Waals surface area contributed by atoms with Crippen LogP contribution in [0, 0.1) is 5.92 Å². The van der Waals surface area contributed by atoms with Gasteiger partial charge in [-0.1, -0.05) is 32.0 Å². The van der Waals surface area contributed by atoms with Crippen molar-refractivity contribution in [1.29, 1.82) is 0 Å². The van der Waals surface area contributed by atoms with Gasteiger partial charge >= 0.3 is 0 Å². The van der Waals surface area contributed by atoms with E-state index in [0.29, 0.717) is 6.04 Å². The largest absolute Gasteiger partial charge is 0.361 e. The molecule has 23 heavy (non-hydrogen) atoms. The van der Waals surface area contributed by atoms with Crippen LogP contribution in [-0.2, 0) is 11.2 Å². The molecule has 4 heteroatoms.